The van der Waals surface area contributed by atoms with Crippen LogP contribution in [-0.2, 0) is 14.8 Å². The van der Waals surface area contributed by atoms with E-state index in [0.29, 0.717) is 12.2 Å². The quantitative estimate of drug-likeness (QED) is 0.673. The zero-order valence-electron chi connectivity index (χ0n) is 16.6. The second-order valence-electron chi connectivity index (χ2n) is 7.04. The van der Waals surface area contributed by atoms with Crippen LogP contribution >= 0.6 is 11.6 Å². The van der Waals surface area contributed by atoms with Crippen LogP contribution in [0.25, 0.3) is 0 Å². The monoisotopic (exact) mass is 437 g/mol. The molecule has 3 rings (SSSR count). The molecular weight excluding hydrogens is 414 g/mol. The van der Waals surface area contributed by atoms with Gasteiger partial charge in [-0.1, -0.05) is 43.6 Å². The molecule has 8 heteroatoms. The van der Waals surface area contributed by atoms with Crippen LogP contribution in [0.5, 0.6) is 5.75 Å². The Balaban J connectivity index is 2.01. The van der Waals surface area contributed by atoms with Gasteiger partial charge in [-0.15, -0.1) is 0 Å². The number of halogens is 1. The number of carbonyl (C=O) groups excluding carboxylic acids is 1. The van der Waals surface area contributed by atoms with Crippen LogP contribution in [0.15, 0.2) is 47.4 Å². The van der Waals surface area contributed by atoms with Gasteiger partial charge in [-0.2, -0.15) is 0 Å². The Morgan fingerprint density at radius 3 is 2.59 bits per heavy atom. The molecule has 2 aromatic rings. The summed E-state index contributed by atoms with van der Waals surface area (Å²) in [4.78, 5) is 11.7. The zero-order valence-corrected chi connectivity index (χ0v) is 18.1. The summed E-state index contributed by atoms with van der Waals surface area (Å²) in [6.45, 7) is 4.05. The predicted octanol–water partition coefficient (Wildman–Crippen LogP) is 4.49. The van der Waals surface area contributed by atoms with E-state index in [9.17, 15) is 13.2 Å². The van der Waals surface area contributed by atoms with Crippen molar-refractivity contribution in [1.29, 1.82) is 0 Å². The topological polar surface area (TPSA) is 81.7 Å². The third kappa shape index (κ3) is 4.27. The Kier molecular flexibility index (Phi) is 6.22. The highest BCUT2D eigenvalue weighted by atomic mass is 35.5. The van der Waals surface area contributed by atoms with Gasteiger partial charge in [0.05, 0.1) is 23.7 Å². The number of para-hydroxylation sites is 1. The maximum Gasteiger partial charge on any atom is 0.337 e. The molecule has 1 N–H and O–H groups in total. The normalized spacial score (nSPS) is 17.9. The molecule has 6 nitrogen and oxygen atoms in total. The fraction of sp³-hybridized carbons (Fsp3) is 0.381. The maximum absolute atomic E-state index is 13.2. The van der Waals surface area contributed by atoms with Crippen LogP contribution in [0.4, 0.5) is 0 Å². The summed E-state index contributed by atoms with van der Waals surface area (Å²) < 4.78 is 40.1. The molecule has 1 aliphatic heterocycles. The minimum absolute atomic E-state index is 0.0303. The van der Waals surface area contributed by atoms with Crippen molar-refractivity contribution in [2.75, 3.05) is 7.11 Å². The highest BCUT2D eigenvalue weighted by Crippen LogP contribution is 2.43. The molecule has 0 saturated heterocycles. The lowest BCUT2D eigenvalue weighted by Gasteiger charge is -2.41. The van der Waals surface area contributed by atoms with Crippen molar-refractivity contribution in [1.82, 2.24) is 4.72 Å². The molecule has 0 aliphatic carbocycles. The van der Waals surface area contributed by atoms with Crippen molar-refractivity contribution in [3.05, 3.63) is 58.6 Å². The Hall–Kier alpha value is -2.09. The number of nitrogens with one attached hydrogen (secondary N) is 1. The minimum atomic E-state index is -4.01. The largest absolute Gasteiger partial charge is 0.487 e. The SMILES string of the molecule is CCC1(CC)C[C@H](NS(=O)(=O)c2cc(C(=O)OC)ccc2Cl)c2ccccc2O1. The summed E-state index contributed by atoms with van der Waals surface area (Å²) >= 11 is 6.16. The smallest absolute Gasteiger partial charge is 0.337 e. The fourth-order valence-electron chi connectivity index (χ4n) is 3.61. The van der Waals surface area contributed by atoms with Gasteiger partial charge < -0.3 is 9.47 Å². The summed E-state index contributed by atoms with van der Waals surface area (Å²) in [5, 5.41) is 0.0303. The molecule has 0 saturated carbocycles. The van der Waals surface area contributed by atoms with Gasteiger partial charge in [0.25, 0.3) is 0 Å². The molecule has 2 aromatic carbocycles. The molecule has 0 aromatic heterocycles. The summed E-state index contributed by atoms with van der Waals surface area (Å²) in [6, 6.07) is 11.0. The first-order valence-electron chi connectivity index (χ1n) is 9.43. The van der Waals surface area contributed by atoms with E-state index in [0.717, 1.165) is 18.4 Å². The molecule has 0 radical (unpaired) electrons. The van der Waals surface area contributed by atoms with E-state index in [4.69, 9.17) is 16.3 Å². The van der Waals surface area contributed by atoms with Gasteiger partial charge in [0.2, 0.25) is 10.0 Å². The first-order chi connectivity index (χ1) is 13.7. The minimum Gasteiger partial charge on any atom is -0.487 e. The van der Waals surface area contributed by atoms with E-state index in [2.05, 4.69) is 9.46 Å². The van der Waals surface area contributed by atoms with Crippen molar-refractivity contribution < 1.29 is 22.7 Å². The van der Waals surface area contributed by atoms with Gasteiger partial charge in [0.15, 0.2) is 0 Å². The van der Waals surface area contributed by atoms with E-state index in [-0.39, 0.29) is 15.5 Å². The lowest BCUT2D eigenvalue weighted by molar-refractivity contribution is 0.0260. The number of ether oxygens (including phenoxy) is 2. The molecule has 0 spiro atoms. The van der Waals surface area contributed by atoms with Crippen LogP contribution in [0.1, 0.15) is 55.1 Å². The van der Waals surface area contributed by atoms with Gasteiger partial charge >= 0.3 is 5.97 Å². The van der Waals surface area contributed by atoms with Crippen LogP contribution in [0.3, 0.4) is 0 Å². The number of hydrogen-bond donors (Lipinski definition) is 1. The summed E-state index contributed by atoms with van der Waals surface area (Å²) in [7, 11) is -2.78. The third-order valence-electron chi connectivity index (χ3n) is 5.42. The summed E-state index contributed by atoms with van der Waals surface area (Å²) in [5.74, 6) is 0.0371. The Morgan fingerprint density at radius 2 is 1.93 bits per heavy atom. The standard InChI is InChI=1S/C21H24ClNO5S/c1-4-21(5-2)13-17(15-8-6-7-9-18(15)28-21)23-29(25,26)19-12-14(20(24)27-3)10-11-16(19)22/h6-12,17,23H,4-5,13H2,1-3H3/t17-/m0/s1. The number of hydrogen-bond acceptors (Lipinski definition) is 5. The first kappa shape index (κ1) is 21.6. The number of carbonyl (C=O) groups is 1. The number of esters is 1. The van der Waals surface area contributed by atoms with Crippen molar-refractivity contribution in [2.45, 2.75) is 49.6 Å². The molecule has 156 valence electrons. The molecule has 0 amide bonds. The van der Waals surface area contributed by atoms with Crippen molar-refractivity contribution in [3.63, 3.8) is 0 Å². The highest BCUT2D eigenvalue weighted by molar-refractivity contribution is 7.89. The predicted molar refractivity (Wildman–Crippen MR) is 111 cm³/mol. The van der Waals surface area contributed by atoms with Crippen molar-refractivity contribution in [3.8, 4) is 5.75 Å². The molecule has 0 bridgehead atoms. The van der Waals surface area contributed by atoms with E-state index < -0.39 is 27.6 Å². The molecule has 0 fully saturated rings. The number of benzene rings is 2. The molecule has 1 heterocycles. The van der Waals surface area contributed by atoms with Crippen LogP contribution in [0, 0.1) is 0 Å². The van der Waals surface area contributed by atoms with Gasteiger partial charge in [-0.05, 0) is 37.1 Å². The van der Waals surface area contributed by atoms with E-state index >= 15 is 0 Å². The third-order valence-corrected chi connectivity index (χ3v) is 7.38. The second kappa shape index (κ2) is 8.34. The Morgan fingerprint density at radius 1 is 1.24 bits per heavy atom. The number of methoxy groups -OCH3 is 1. The molecular formula is C21H24ClNO5S. The van der Waals surface area contributed by atoms with Gasteiger partial charge in [-0.25, -0.2) is 17.9 Å². The number of sulfonamides is 1. The lowest BCUT2D eigenvalue weighted by Crippen LogP contribution is -2.44. The first-order valence-corrected chi connectivity index (χ1v) is 11.3. The van der Waals surface area contributed by atoms with Crippen molar-refractivity contribution in [2.24, 2.45) is 0 Å². The molecule has 1 aliphatic rings. The zero-order chi connectivity index (χ0) is 21.2. The summed E-state index contributed by atoms with van der Waals surface area (Å²) in [5.41, 5.74) is 0.425. The van der Waals surface area contributed by atoms with Gasteiger partial charge in [0.1, 0.15) is 16.2 Å². The number of rotatable bonds is 6. The van der Waals surface area contributed by atoms with Crippen molar-refractivity contribution >= 4 is 27.6 Å². The molecule has 1 atom stereocenters. The maximum atomic E-state index is 13.2. The van der Waals surface area contributed by atoms with E-state index in [1.54, 1.807) is 0 Å². The van der Waals surface area contributed by atoms with Crippen LogP contribution in [0.2, 0.25) is 5.02 Å². The molecule has 29 heavy (non-hydrogen) atoms. The Labute approximate surface area is 176 Å². The van der Waals surface area contributed by atoms with Gasteiger partial charge in [-0.3, -0.25) is 0 Å². The average molecular weight is 438 g/mol. The summed E-state index contributed by atoms with van der Waals surface area (Å²) in [6.07, 6.45) is 1.98. The lowest BCUT2D eigenvalue weighted by atomic mass is 9.84. The fourth-order valence-corrected chi connectivity index (χ4v) is 5.35. The van der Waals surface area contributed by atoms with Crippen LogP contribution < -0.4 is 9.46 Å². The molecule has 0 unspecified atom stereocenters. The Bertz CT molecular complexity index is 1020. The average Bonchev–Trinajstić information content (AvgIpc) is 2.72. The second-order valence-corrected chi connectivity index (χ2v) is 9.13. The number of fused-ring (bicyclic) bond motifs is 1. The van der Waals surface area contributed by atoms with E-state index in [1.807, 2.05) is 38.1 Å². The van der Waals surface area contributed by atoms with Crippen LogP contribution in [-0.4, -0.2) is 27.1 Å². The van der Waals surface area contributed by atoms with Gasteiger partial charge in [0, 0.05) is 12.0 Å². The highest BCUT2D eigenvalue weighted by Gasteiger charge is 2.40. The van der Waals surface area contributed by atoms with E-state index in [1.165, 1.54) is 25.3 Å².